The van der Waals surface area contributed by atoms with Crippen molar-refractivity contribution < 1.29 is 9.47 Å². The summed E-state index contributed by atoms with van der Waals surface area (Å²) in [5.41, 5.74) is 1.93. The fourth-order valence-electron chi connectivity index (χ4n) is 2.08. The van der Waals surface area contributed by atoms with Crippen molar-refractivity contribution >= 4 is 11.6 Å². The first-order valence-corrected chi connectivity index (χ1v) is 7.43. The van der Waals surface area contributed by atoms with Crippen molar-refractivity contribution in [3.05, 3.63) is 36.2 Å². The van der Waals surface area contributed by atoms with Crippen molar-refractivity contribution in [2.75, 3.05) is 26.1 Å². The molecule has 23 heavy (non-hydrogen) atoms. The standard InChI is InChI=1S/C16H23N5O2/c1-5-23-14-7-6-12(10-15(14)22-4)20-16(17-2)18-11-13-8-9-19-21(13)3/h6-10H,5,11H2,1-4H3,(H2,17,18,20). The lowest BCUT2D eigenvalue weighted by atomic mass is 10.2. The second kappa shape index (κ2) is 8.07. The highest BCUT2D eigenvalue weighted by Gasteiger charge is 2.07. The summed E-state index contributed by atoms with van der Waals surface area (Å²) in [7, 11) is 5.26. The molecule has 0 atom stereocenters. The molecule has 2 aromatic rings. The van der Waals surface area contributed by atoms with Crippen LogP contribution in [-0.2, 0) is 13.6 Å². The average molecular weight is 317 g/mol. The van der Waals surface area contributed by atoms with Crippen LogP contribution in [0.5, 0.6) is 11.5 Å². The van der Waals surface area contributed by atoms with Crippen LogP contribution in [0, 0.1) is 0 Å². The molecule has 0 amide bonds. The summed E-state index contributed by atoms with van der Waals surface area (Å²) in [4.78, 5) is 4.22. The van der Waals surface area contributed by atoms with Gasteiger partial charge in [-0.05, 0) is 25.1 Å². The zero-order chi connectivity index (χ0) is 16.7. The molecule has 0 aliphatic heterocycles. The zero-order valence-corrected chi connectivity index (χ0v) is 14.0. The monoisotopic (exact) mass is 317 g/mol. The van der Waals surface area contributed by atoms with Crippen LogP contribution in [0.25, 0.3) is 0 Å². The molecule has 0 spiro atoms. The summed E-state index contributed by atoms with van der Waals surface area (Å²) in [6.45, 7) is 3.16. The van der Waals surface area contributed by atoms with Gasteiger partial charge in [0.1, 0.15) is 0 Å². The van der Waals surface area contributed by atoms with Gasteiger partial charge in [0, 0.05) is 32.0 Å². The van der Waals surface area contributed by atoms with Crippen molar-refractivity contribution in [1.82, 2.24) is 15.1 Å². The lowest BCUT2D eigenvalue weighted by Crippen LogP contribution is -2.30. The van der Waals surface area contributed by atoms with Crippen molar-refractivity contribution in [2.45, 2.75) is 13.5 Å². The minimum absolute atomic E-state index is 0.594. The highest BCUT2D eigenvalue weighted by molar-refractivity contribution is 5.93. The third kappa shape index (κ3) is 4.38. The van der Waals surface area contributed by atoms with E-state index < -0.39 is 0 Å². The van der Waals surface area contributed by atoms with Gasteiger partial charge in [0.25, 0.3) is 0 Å². The SMILES string of the molecule is CCOc1ccc(NC(=NC)NCc2ccnn2C)cc1OC. The van der Waals surface area contributed by atoms with Gasteiger partial charge in [0.2, 0.25) is 0 Å². The van der Waals surface area contributed by atoms with E-state index in [9.17, 15) is 0 Å². The van der Waals surface area contributed by atoms with Gasteiger partial charge in [-0.1, -0.05) is 0 Å². The van der Waals surface area contributed by atoms with Crippen LogP contribution >= 0.6 is 0 Å². The second-order valence-electron chi connectivity index (χ2n) is 4.80. The largest absolute Gasteiger partial charge is 0.493 e. The van der Waals surface area contributed by atoms with Crippen molar-refractivity contribution in [1.29, 1.82) is 0 Å². The Hall–Kier alpha value is -2.70. The Balaban J connectivity index is 2.02. The Morgan fingerprint density at radius 2 is 2.13 bits per heavy atom. The molecular formula is C16H23N5O2. The molecule has 124 valence electrons. The Morgan fingerprint density at radius 1 is 1.30 bits per heavy atom. The van der Waals surface area contributed by atoms with Gasteiger partial charge in [-0.3, -0.25) is 9.67 Å². The van der Waals surface area contributed by atoms with Gasteiger partial charge in [0.05, 0.1) is 26.0 Å². The molecule has 0 fully saturated rings. The van der Waals surface area contributed by atoms with Crippen LogP contribution in [0.2, 0.25) is 0 Å². The maximum atomic E-state index is 5.52. The fourth-order valence-corrected chi connectivity index (χ4v) is 2.08. The number of nitrogens with zero attached hydrogens (tertiary/aromatic N) is 3. The van der Waals surface area contributed by atoms with Crippen molar-refractivity contribution in [3.63, 3.8) is 0 Å². The van der Waals surface area contributed by atoms with Crippen LogP contribution < -0.4 is 20.1 Å². The van der Waals surface area contributed by atoms with Crippen LogP contribution in [0.1, 0.15) is 12.6 Å². The quantitative estimate of drug-likeness (QED) is 0.630. The smallest absolute Gasteiger partial charge is 0.195 e. The number of benzene rings is 1. The summed E-state index contributed by atoms with van der Waals surface area (Å²) in [5.74, 6) is 2.06. The second-order valence-corrected chi connectivity index (χ2v) is 4.80. The molecule has 0 saturated carbocycles. The van der Waals surface area contributed by atoms with E-state index in [2.05, 4.69) is 20.7 Å². The van der Waals surface area contributed by atoms with Gasteiger partial charge in [-0.25, -0.2) is 0 Å². The zero-order valence-electron chi connectivity index (χ0n) is 14.0. The lowest BCUT2D eigenvalue weighted by molar-refractivity contribution is 0.311. The number of aromatic nitrogens is 2. The first kappa shape index (κ1) is 16.7. The molecule has 0 aliphatic carbocycles. The molecule has 7 nitrogen and oxygen atoms in total. The number of guanidine groups is 1. The van der Waals surface area contributed by atoms with E-state index in [4.69, 9.17) is 9.47 Å². The third-order valence-corrected chi connectivity index (χ3v) is 3.31. The number of aliphatic imine (C=N–C) groups is 1. The predicted octanol–water partition coefficient (Wildman–Crippen LogP) is 2.01. The van der Waals surface area contributed by atoms with Gasteiger partial charge in [0.15, 0.2) is 17.5 Å². The van der Waals surface area contributed by atoms with Crippen LogP contribution in [0.4, 0.5) is 5.69 Å². The number of aryl methyl sites for hydroxylation is 1. The Labute approximate surface area is 136 Å². The number of nitrogens with one attached hydrogen (secondary N) is 2. The minimum atomic E-state index is 0.594. The van der Waals surface area contributed by atoms with Crippen LogP contribution in [0.15, 0.2) is 35.5 Å². The van der Waals surface area contributed by atoms with Crippen LogP contribution in [0.3, 0.4) is 0 Å². The van der Waals surface area contributed by atoms with Gasteiger partial charge < -0.3 is 20.1 Å². The average Bonchev–Trinajstić information content (AvgIpc) is 2.98. The molecular weight excluding hydrogens is 294 g/mol. The van der Waals surface area contributed by atoms with Crippen molar-refractivity contribution in [3.8, 4) is 11.5 Å². The summed E-state index contributed by atoms with van der Waals surface area (Å²) in [5, 5.41) is 10.6. The predicted molar refractivity (Wildman–Crippen MR) is 91.2 cm³/mol. The molecule has 0 saturated heterocycles. The Kier molecular flexibility index (Phi) is 5.85. The highest BCUT2D eigenvalue weighted by Crippen LogP contribution is 2.30. The Bertz CT molecular complexity index is 666. The number of rotatable bonds is 6. The third-order valence-electron chi connectivity index (χ3n) is 3.31. The van der Waals surface area contributed by atoms with E-state index in [-0.39, 0.29) is 0 Å². The molecule has 0 aliphatic rings. The molecule has 7 heteroatoms. The summed E-state index contributed by atoms with van der Waals surface area (Å²) >= 11 is 0. The summed E-state index contributed by atoms with van der Waals surface area (Å²) < 4.78 is 12.7. The normalized spacial score (nSPS) is 11.2. The van der Waals surface area contributed by atoms with E-state index in [1.165, 1.54) is 0 Å². The number of anilines is 1. The number of methoxy groups -OCH3 is 1. The van der Waals surface area contributed by atoms with Gasteiger partial charge >= 0.3 is 0 Å². The molecule has 2 N–H and O–H groups in total. The first-order valence-electron chi connectivity index (χ1n) is 7.43. The number of hydrogen-bond acceptors (Lipinski definition) is 4. The maximum Gasteiger partial charge on any atom is 0.195 e. The molecule has 0 bridgehead atoms. The van der Waals surface area contributed by atoms with E-state index in [0.29, 0.717) is 24.9 Å². The van der Waals surface area contributed by atoms with Gasteiger partial charge in [-0.2, -0.15) is 5.10 Å². The summed E-state index contributed by atoms with van der Waals surface area (Å²) in [6, 6.07) is 7.63. The molecule has 1 heterocycles. The van der Waals surface area contributed by atoms with Crippen molar-refractivity contribution in [2.24, 2.45) is 12.0 Å². The maximum absolute atomic E-state index is 5.52. The molecule has 2 rings (SSSR count). The van der Waals surface area contributed by atoms with Crippen LogP contribution in [-0.4, -0.2) is 36.5 Å². The highest BCUT2D eigenvalue weighted by atomic mass is 16.5. The lowest BCUT2D eigenvalue weighted by Gasteiger charge is -2.14. The first-order chi connectivity index (χ1) is 11.2. The fraction of sp³-hybridized carbons (Fsp3) is 0.375. The number of hydrogen-bond donors (Lipinski definition) is 2. The van der Waals surface area contributed by atoms with E-state index in [1.807, 2.05) is 42.9 Å². The summed E-state index contributed by atoms with van der Waals surface area (Å²) in [6.07, 6.45) is 1.77. The van der Waals surface area contributed by atoms with E-state index >= 15 is 0 Å². The number of ether oxygens (including phenoxy) is 2. The molecule has 0 radical (unpaired) electrons. The Morgan fingerprint density at radius 3 is 2.74 bits per heavy atom. The molecule has 1 aromatic heterocycles. The van der Waals surface area contributed by atoms with E-state index in [0.717, 1.165) is 17.1 Å². The topological polar surface area (TPSA) is 72.7 Å². The molecule has 0 unspecified atom stereocenters. The minimum Gasteiger partial charge on any atom is -0.493 e. The molecule has 1 aromatic carbocycles. The van der Waals surface area contributed by atoms with Gasteiger partial charge in [-0.15, -0.1) is 0 Å². The van der Waals surface area contributed by atoms with E-state index in [1.54, 1.807) is 20.4 Å².